The fourth-order valence-electron chi connectivity index (χ4n) is 2.04. The highest BCUT2D eigenvalue weighted by Crippen LogP contribution is 2.27. The molecule has 0 spiro atoms. The Morgan fingerprint density at radius 2 is 1.90 bits per heavy atom. The summed E-state index contributed by atoms with van der Waals surface area (Å²) in [5.41, 5.74) is 1.94. The Hall–Kier alpha value is -2.57. The highest BCUT2D eigenvalue weighted by atomic mass is 16.4. The minimum Gasteiger partial charge on any atom is -0.480 e. The average molecular weight is 277 g/mol. The van der Waals surface area contributed by atoms with Crippen molar-refractivity contribution in [1.82, 2.24) is 10.6 Å². The van der Waals surface area contributed by atoms with Crippen LogP contribution in [0.25, 0.3) is 0 Å². The van der Waals surface area contributed by atoms with Gasteiger partial charge >= 0.3 is 12.0 Å². The molecule has 1 heterocycles. The molecule has 7 nitrogen and oxygen atoms in total. The lowest BCUT2D eigenvalue weighted by Crippen LogP contribution is -2.44. The van der Waals surface area contributed by atoms with Crippen LogP contribution in [0.3, 0.4) is 0 Å². The smallest absolute Gasteiger partial charge is 0.322 e. The van der Waals surface area contributed by atoms with E-state index in [9.17, 15) is 14.4 Å². The monoisotopic (exact) mass is 277 g/mol. The zero-order chi connectivity index (χ0) is 14.5. The summed E-state index contributed by atoms with van der Waals surface area (Å²) in [5, 5.41) is 13.1. The highest BCUT2D eigenvalue weighted by molar-refractivity contribution is 5.96. The summed E-state index contributed by atoms with van der Waals surface area (Å²) in [5.74, 6) is -1.66. The first kappa shape index (κ1) is 13.9. The molecule has 1 aliphatic rings. The molecule has 20 heavy (non-hydrogen) atoms. The highest BCUT2D eigenvalue weighted by Gasteiger charge is 2.24. The van der Waals surface area contributed by atoms with E-state index in [0.29, 0.717) is 6.54 Å². The van der Waals surface area contributed by atoms with Crippen LogP contribution < -0.4 is 15.5 Å². The van der Waals surface area contributed by atoms with Gasteiger partial charge in [0.05, 0.1) is 6.54 Å². The molecule has 3 amide bonds. The Balaban J connectivity index is 1.85. The number of para-hydroxylation sites is 1. The summed E-state index contributed by atoms with van der Waals surface area (Å²) in [6.45, 7) is -0.131. The Morgan fingerprint density at radius 3 is 2.65 bits per heavy atom. The number of benzene rings is 1. The topological polar surface area (TPSA) is 98.7 Å². The second-order valence-corrected chi connectivity index (χ2v) is 4.36. The molecule has 1 aliphatic heterocycles. The minimum atomic E-state index is -1.13. The van der Waals surface area contributed by atoms with Crippen molar-refractivity contribution < 1.29 is 19.5 Å². The van der Waals surface area contributed by atoms with Crippen LogP contribution in [-0.4, -0.2) is 42.6 Å². The van der Waals surface area contributed by atoms with E-state index >= 15 is 0 Å². The van der Waals surface area contributed by atoms with Gasteiger partial charge in [-0.05, 0) is 18.1 Å². The van der Waals surface area contributed by atoms with Gasteiger partial charge in [0.2, 0.25) is 5.91 Å². The number of amides is 3. The number of hydrogen-bond donors (Lipinski definition) is 3. The molecule has 1 aromatic rings. The van der Waals surface area contributed by atoms with Gasteiger partial charge in [-0.25, -0.2) is 4.79 Å². The van der Waals surface area contributed by atoms with Crippen LogP contribution >= 0.6 is 0 Å². The first-order chi connectivity index (χ1) is 9.58. The van der Waals surface area contributed by atoms with Gasteiger partial charge < -0.3 is 15.7 Å². The molecular weight excluding hydrogens is 262 g/mol. The average Bonchev–Trinajstić information content (AvgIpc) is 2.86. The molecule has 0 saturated heterocycles. The lowest BCUT2D eigenvalue weighted by molar-refractivity contribution is -0.137. The SMILES string of the molecule is O=C(O)CNC(=O)CNC(=O)N1CCc2ccccc21. The van der Waals surface area contributed by atoms with Crippen LogP contribution in [0.2, 0.25) is 0 Å². The fourth-order valence-corrected chi connectivity index (χ4v) is 2.04. The lowest BCUT2D eigenvalue weighted by atomic mass is 10.2. The van der Waals surface area contributed by atoms with Crippen molar-refractivity contribution in [2.75, 3.05) is 24.5 Å². The summed E-state index contributed by atoms with van der Waals surface area (Å²) in [6, 6.07) is 7.22. The first-order valence-electron chi connectivity index (χ1n) is 6.19. The molecule has 0 aromatic heterocycles. The van der Waals surface area contributed by atoms with Crippen LogP contribution in [0.15, 0.2) is 24.3 Å². The van der Waals surface area contributed by atoms with Gasteiger partial charge in [0, 0.05) is 12.2 Å². The van der Waals surface area contributed by atoms with E-state index in [0.717, 1.165) is 17.7 Å². The molecule has 0 bridgehead atoms. The molecule has 3 N–H and O–H groups in total. The molecule has 0 radical (unpaired) electrons. The van der Waals surface area contributed by atoms with E-state index in [1.165, 1.54) is 0 Å². The molecule has 0 aliphatic carbocycles. The second kappa shape index (κ2) is 6.05. The number of aliphatic carboxylic acids is 1. The Kier molecular flexibility index (Phi) is 4.19. The number of fused-ring (bicyclic) bond motifs is 1. The van der Waals surface area contributed by atoms with Gasteiger partial charge in [0.15, 0.2) is 0 Å². The maximum Gasteiger partial charge on any atom is 0.322 e. The van der Waals surface area contributed by atoms with Crippen LogP contribution in [0.1, 0.15) is 5.56 Å². The summed E-state index contributed by atoms with van der Waals surface area (Å²) in [7, 11) is 0. The van der Waals surface area contributed by atoms with Crippen molar-refractivity contribution >= 4 is 23.6 Å². The molecule has 7 heteroatoms. The number of carbonyl (C=O) groups is 3. The van der Waals surface area contributed by atoms with Gasteiger partial charge in [-0.3, -0.25) is 14.5 Å². The van der Waals surface area contributed by atoms with E-state index < -0.39 is 18.4 Å². The van der Waals surface area contributed by atoms with Gasteiger partial charge in [0.25, 0.3) is 0 Å². The number of anilines is 1. The molecule has 0 saturated carbocycles. The number of carbonyl (C=O) groups excluding carboxylic acids is 2. The van der Waals surface area contributed by atoms with Crippen LogP contribution in [0.5, 0.6) is 0 Å². The van der Waals surface area contributed by atoms with Gasteiger partial charge in [-0.1, -0.05) is 18.2 Å². The maximum atomic E-state index is 12.0. The van der Waals surface area contributed by atoms with Crippen LogP contribution in [-0.2, 0) is 16.0 Å². The number of carboxylic acid groups (broad SMARTS) is 1. The summed E-state index contributed by atoms with van der Waals surface area (Å²) < 4.78 is 0. The zero-order valence-electron chi connectivity index (χ0n) is 10.8. The third-order valence-corrected chi connectivity index (χ3v) is 2.97. The standard InChI is InChI=1S/C13H15N3O4/c17-11(14-8-12(18)19)7-15-13(20)16-6-5-9-3-1-2-4-10(9)16/h1-4H,5-8H2,(H,14,17)(H,15,20)(H,18,19). The van der Waals surface area contributed by atoms with Crippen LogP contribution in [0, 0.1) is 0 Å². The second-order valence-electron chi connectivity index (χ2n) is 4.36. The van der Waals surface area contributed by atoms with Crippen molar-refractivity contribution in [3.05, 3.63) is 29.8 Å². The van der Waals surface area contributed by atoms with Crippen molar-refractivity contribution in [2.45, 2.75) is 6.42 Å². The van der Waals surface area contributed by atoms with Crippen molar-refractivity contribution in [3.63, 3.8) is 0 Å². The van der Waals surface area contributed by atoms with Gasteiger partial charge in [-0.2, -0.15) is 0 Å². The van der Waals surface area contributed by atoms with E-state index in [1.54, 1.807) is 4.90 Å². The molecule has 106 valence electrons. The van der Waals surface area contributed by atoms with E-state index in [4.69, 9.17) is 5.11 Å². The van der Waals surface area contributed by atoms with E-state index in [1.807, 2.05) is 24.3 Å². The largest absolute Gasteiger partial charge is 0.480 e. The number of rotatable bonds is 4. The van der Waals surface area contributed by atoms with Gasteiger partial charge in [-0.15, -0.1) is 0 Å². The Labute approximate surface area is 115 Å². The number of nitrogens with one attached hydrogen (secondary N) is 2. The number of nitrogens with zero attached hydrogens (tertiary/aromatic N) is 1. The molecule has 0 unspecified atom stereocenters. The Bertz CT molecular complexity index is 544. The summed E-state index contributed by atoms with van der Waals surface area (Å²) in [6.07, 6.45) is 0.787. The lowest BCUT2D eigenvalue weighted by Gasteiger charge is -2.17. The van der Waals surface area contributed by atoms with Crippen molar-refractivity contribution in [2.24, 2.45) is 0 Å². The molecular formula is C13H15N3O4. The van der Waals surface area contributed by atoms with E-state index in [-0.39, 0.29) is 12.6 Å². The number of urea groups is 1. The summed E-state index contributed by atoms with van der Waals surface area (Å²) in [4.78, 5) is 35.1. The third-order valence-electron chi connectivity index (χ3n) is 2.97. The molecule has 1 aromatic carbocycles. The number of hydrogen-bond acceptors (Lipinski definition) is 3. The van der Waals surface area contributed by atoms with E-state index in [2.05, 4.69) is 10.6 Å². The summed E-state index contributed by atoms with van der Waals surface area (Å²) >= 11 is 0. The normalized spacial score (nSPS) is 12.7. The molecule has 0 fully saturated rings. The zero-order valence-corrected chi connectivity index (χ0v) is 10.8. The maximum absolute atomic E-state index is 12.0. The predicted octanol–water partition coefficient (Wildman–Crippen LogP) is -0.0405. The quantitative estimate of drug-likeness (QED) is 0.719. The first-order valence-corrected chi connectivity index (χ1v) is 6.19. The fraction of sp³-hybridized carbons (Fsp3) is 0.308. The minimum absolute atomic E-state index is 0.245. The van der Waals surface area contributed by atoms with Crippen molar-refractivity contribution in [3.8, 4) is 0 Å². The van der Waals surface area contributed by atoms with Crippen LogP contribution in [0.4, 0.5) is 10.5 Å². The number of carboxylic acids is 1. The predicted molar refractivity (Wildman–Crippen MR) is 71.5 cm³/mol. The Morgan fingerprint density at radius 1 is 1.15 bits per heavy atom. The van der Waals surface area contributed by atoms with Gasteiger partial charge in [0.1, 0.15) is 6.54 Å². The molecule has 2 rings (SSSR count). The van der Waals surface area contributed by atoms with Crippen molar-refractivity contribution in [1.29, 1.82) is 0 Å². The molecule has 0 atom stereocenters. The third kappa shape index (κ3) is 3.25.